The van der Waals surface area contributed by atoms with Gasteiger partial charge in [-0.3, -0.25) is 14.9 Å². The Morgan fingerprint density at radius 2 is 1.91 bits per heavy atom. The number of rotatable bonds is 7. The van der Waals surface area contributed by atoms with Crippen molar-refractivity contribution < 1.29 is 24.0 Å². The monoisotopic (exact) mass is 477 g/mol. The molecule has 2 N–H and O–H groups in total. The maximum Gasteiger partial charge on any atom is 0.410 e. The average Bonchev–Trinajstić information content (AvgIpc) is 2.67. The second-order valence-electron chi connectivity index (χ2n) is 8.62. The fourth-order valence-corrected chi connectivity index (χ4v) is 3.38. The average molecular weight is 478 g/mol. The van der Waals surface area contributed by atoms with Crippen LogP contribution < -0.4 is 10.5 Å². The number of ether oxygens (including phenoxy) is 2. The zero-order chi connectivity index (χ0) is 24.3. The second-order valence-corrected chi connectivity index (χ2v) is 8.96. The van der Waals surface area contributed by atoms with E-state index in [1.54, 1.807) is 25.7 Å². The lowest BCUT2D eigenvalue weighted by Crippen LogP contribution is -2.51. The first-order valence-corrected chi connectivity index (χ1v) is 10.5. The first-order valence-electron chi connectivity index (χ1n) is 10.2. The summed E-state index contributed by atoms with van der Waals surface area (Å²) in [4.78, 5) is 44.3. The van der Waals surface area contributed by atoms with Crippen LogP contribution in [0.15, 0.2) is 24.5 Å². The number of nitrogens with two attached hydrogens (primary N) is 1. The van der Waals surface area contributed by atoms with Crippen molar-refractivity contribution in [2.24, 2.45) is 11.7 Å². The minimum atomic E-state index is -0.766. The number of hydrogen-bond donors (Lipinski definition) is 1. The number of hydrogen-bond acceptors (Lipinski definition) is 8. The lowest BCUT2D eigenvalue weighted by Gasteiger charge is -2.39. The van der Waals surface area contributed by atoms with E-state index in [0.717, 1.165) is 0 Å². The number of aromatic nitrogens is 2. The van der Waals surface area contributed by atoms with Crippen molar-refractivity contribution in [3.8, 4) is 16.9 Å². The van der Waals surface area contributed by atoms with Gasteiger partial charge in [0.15, 0.2) is 5.75 Å². The predicted molar refractivity (Wildman–Crippen MR) is 119 cm³/mol. The van der Waals surface area contributed by atoms with Gasteiger partial charge in [0.05, 0.1) is 17.1 Å². The molecule has 1 aromatic heterocycles. The SMILES string of the molecule is CC(C)(C)OC(=O)N1CC(CCOc2cc(C(N)=O)cc(-c3cnc(Cl)nc3)c2[N+](=O)[O-])C1. The molecule has 1 aliphatic heterocycles. The molecule has 0 atom stereocenters. The van der Waals surface area contributed by atoms with Gasteiger partial charge in [-0.1, -0.05) is 0 Å². The number of carbonyl (C=O) groups excluding carboxylic acids is 2. The van der Waals surface area contributed by atoms with Crippen molar-refractivity contribution in [2.45, 2.75) is 32.8 Å². The van der Waals surface area contributed by atoms with Gasteiger partial charge in [-0.2, -0.15) is 0 Å². The van der Waals surface area contributed by atoms with Crippen molar-refractivity contribution in [3.63, 3.8) is 0 Å². The smallest absolute Gasteiger partial charge is 0.410 e. The number of halogens is 1. The van der Waals surface area contributed by atoms with Crippen molar-refractivity contribution in [1.82, 2.24) is 14.9 Å². The van der Waals surface area contributed by atoms with Crippen LogP contribution in [0.2, 0.25) is 5.28 Å². The van der Waals surface area contributed by atoms with Gasteiger partial charge in [-0.15, -0.1) is 0 Å². The second kappa shape index (κ2) is 9.57. The van der Waals surface area contributed by atoms with E-state index >= 15 is 0 Å². The van der Waals surface area contributed by atoms with Crippen molar-refractivity contribution in [3.05, 3.63) is 45.5 Å². The summed E-state index contributed by atoms with van der Waals surface area (Å²) in [6.07, 6.45) is 2.80. The quantitative estimate of drug-likeness (QED) is 0.361. The van der Waals surface area contributed by atoms with Gasteiger partial charge in [0.2, 0.25) is 11.2 Å². The number of carbonyl (C=O) groups is 2. The largest absolute Gasteiger partial charge is 0.487 e. The topological polar surface area (TPSA) is 151 Å². The molecule has 1 aromatic carbocycles. The lowest BCUT2D eigenvalue weighted by atomic mass is 9.97. The van der Waals surface area contributed by atoms with Gasteiger partial charge in [0, 0.05) is 42.7 Å². The van der Waals surface area contributed by atoms with Crippen LogP contribution in [-0.2, 0) is 4.74 Å². The van der Waals surface area contributed by atoms with Gasteiger partial charge >= 0.3 is 11.8 Å². The van der Waals surface area contributed by atoms with E-state index in [2.05, 4.69) is 9.97 Å². The van der Waals surface area contributed by atoms with Crippen LogP contribution in [0.25, 0.3) is 11.1 Å². The molecule has 1 aliphatic rings. The molecule has 3 rings (SSSR count). The molecular formula is C21H24ClN5O6. The summed E-state index contributed by atoms with van der Waals surface area (Å²) in [5.41, 5.74) is 4.91. The Morgan fingerprint density at radius 1 is 1.27 bits per heavy atom. The van der Waals surface area contributed by atoms with E-state index < -0.39 is 16.4 Å². The fraction of sp³-hybridized carbons (Fsp3) is 0.429. The minimum Gasteiger partial charge on any atom is -0.487 e. The lowest BCUT2D eigenvalue weighted by molar-refractivity contribution is -0.385. The molecule has 0 saturated carbocycles. The summed E-state index contributed by atoms with van der Waals surface area (Å²) in [7, 11) is 0. The van der Waals surface area contributed by atoms with Crippen LogP contribution in [0.4, 0.5) is 10.5 Å². The Bertz CT molecular complexity index is 1060. The molecule has 0 spiro atoms. The Balaban J connectivity index is 1.72. The molecule has 2 aromatic rings. The third kappa shape index (κ3) is 6.07. The van der Waals surface area contributed by atoms with Crippen LogP contribution in [0.5, 0.6) is 5.75 Å². The molecule has 176 valence electrons. The Morgan fingerprint density at radius 3 is 2.45 bits per heavy atom. The summed E-state index contributed by atoms with van der Waals surface area (Å²) < 4.78 is 11.0. The number of amides is 2. The molecule has 2 amide bonds. The molecular weight excluding hydrogens is 454 g/mol. The fourth-order valence-electron chi connectivity index (χ4n) is 3.28. The first-order chi connectivity index (χ1) is 15.4. The molecule has 12 heteroatoms. The van der Waals surface area contributed by atoms with Gasteiger partial charge in [-0.05, 0) is 50.8 Å². The highest BCUT2D eigenvalue weighted by Gasteiger charge is 2.34. The van der Waals surface area contributed by atoms with Gasteiger partial charge < -0.3 is 20.1 Å². The molecule has 0 unspecified atom stereocenters. The maximum atomic E-state index is 12.0. The Labute approximate surface area is 195 Å². The summed E-state index contributed by atoms with van der Waals surface area (Å²) >= 11 is 5.71. The zero-order valence-electron chi connectivity index (χ0n) is 18.4. The highest BCUT2D eigenvalue weighted by atomic mass is 35.5. The van der Waals surface area contributed by atoms with E-state index in [9.17, 15) is 19.7 Å². The van der Waals surface area contributed by atoms with Crippen LogP contribution in [0.3, 0.4) is 0 Å². The molecule has 11 nitrogen and oxygen atoms in total. The van der Waals surface area contributed by atoms with Crippen molar-refractivity contribution in [1.29, 1.82) is 0 Å². The number of likely N-dealkylation sites (tertiary alicyclic amines) is 1. The van der Waals surface area contributed by atoms with Gasteiger partial charge in [0.1, 0.15) is 5.60 Å². The van der Waals surface area contributed by atoms with Crippen LogP contribution >= 0.6 is 11.6 Å². The summed E-state index contributed by atoms with van der Waals surface area (Å²) in [6.45, 7) is 6.56. The normalized spacial score (nSPS) is 13.9. The highest BCUT2D eigenvalue weighted by molar-refractivity contribution is 6.28. The summed E-state index contributed by atoms with van der Waals surface area (Å²) in [6, 6.07) is 2.54. The number of nitro benzene ring substituents is 1. The van der Waals surface area contributed by atoms with Gasteiger partial charge in [-0.25, -0.2) is 14.8 Å². The van der Waals surface area contributed by atoms with E-state index in [0.29, 0.717) is 19.5 Å². The van der Waals surface area contributed by atoms with E-state index in [-0.39, 0.29) is 52.0 Å². The molecule has 0 bridgehead atoms. The molecule has 1 fully saturated rings. The molecule has 0 aliphatic carbocycles. The first kappa shape index (κ1) is 24.2. The number of benzene rings is 1. The minimum absolute atomic E-state index is 0.0233. The van der Waals surface area contributed by atoms with E-state index in [1.807, 2.05) is 0 Å². The molecule has 33 heavy (non-hydrogen) atoms. The third-order valence-electron chi connectivity index (χ3n) is 4.87. The van der Waals surface area contributed by atoms with Crippen molar-refractivity contribution >= 4 is 29.3 Å². The number of primary amides is 1. The van der Waals surface area contributed by atoms with Gasteiger partial charge in [0.25, 0.3) is 0 Å². The maximum absolute atomic E-state index is 12.0. The summed E-state index contributed by atoms with van der Waals surface area (Å²) in [5.74, 6) is -0.692. The van der Waals surface area contributed by atoms with Crippen molar-refractivity contribution in [2.75, 3.05) is 19.7 Å². The number of nitro groups is 1. The van der Waals surface area contributed by atoms with Crippen LogP contribution in [0, 0.1) is 16.0 Å². The van der Waals surface area contributed by atoms with E-state index in [1.165, 1.54) is 24.5 Å². The molecule has 2 heterocycles. The Hall–Kier alpha value is -3.47. The third-order valence-corrected chi connectivity index (χ3v) is 5.06. The van der Waals surface area contributed by atoms with E-state index in [4.69, 9.17) is 26.8 Å². The number of nitrogens with zero attached hydrogens (tertiary/aromatic N) is 4. The molecule has 1 saturated heterocycles. The summed E-state index contributed by atoms with van der Waals surface area (Å²) in [5, 5.41) is 11.8. The van der Waals surface area contributed by atoms with Crippen LogP contribution in [-0.4, -0.2) is 57.1 Å². The molecule has 0 radical (unpaired) electrons. The Kier molecular flexibility index (Phi) is 7.01. The standard InChI is InChI=1S/C21H24ClN5O6/c1-21(2,3)33-20(29)26-10-12(11-26)4-5-32-16-7-13(18(23)28)6-15(17(16)27(30)31)14-8-24-19(22)25-9-14/h6-9,12H,4-5,10-11H2,1-3H3,(H2,23,28). The predicted octanol–water partition coefficient (Wildman–Crippen LogP) is 3.44. The zero-order valence-corrected chi connectivity index (χ0v) is 19.2. The van der Waals surface area contributed by atoms with Crippen LogP contribution in [0.1, 0.15) is 37.6 Å². The highest BCUT2D eigenvalue weighted by Crippen LogP contribution is 2.39.